The summed E-state index contributed by atoms with van der Waals surface area (Å²) in [6.45, 7) is 5.79. The molecule has 1 N–H and O–H groups in total. The molecule has 0 saturated carbocycles. The van der Waals surface area contributed by atoms with E-state index < -0.39 is 0 Å². The second-order valence-electron chi connectivity index (χ2n) is 3.07. The third kappa shape index (κ3) is 3.45. The quantitative estimate of drug-likeness (QED) is 0.676. The van der Waals surface area contributed by atoms with Gasteiger partial charge in [-0.1, -0.05) is 6.92 Å². The SMILES string of the molecule is CCSCC1CN(C)CCN1. The van der Waals surface area contributed by atoms with Crippen LogP contribution in [0.1, 0.15) is 6.92 Å². The van der Waals surface area contributed by atoms with Gasteiger partial charge >= 0.3 is 0 Å². The molecule has 0 aromatic heterocycles. The van der Waals surface area contributed by atoms with Gasteiger partial charge in [0.15, 0.2) is 0 Å². The van der Waals surface area contributed by atoms with Crippen LogP contribution < -0.4 is 5.32 Å². The van der Waals surface area contributed by atoms with Crippen molar-refractivity contribution in [1.29, 1.82) is 0 Å². The first-order valence-electron chi connectivity index (χ1n) is 4.32. The van der Waals surface area contributed by atoms with E-state index in [-0.39, 0.29) is 0 Å². The molecule has 1 aliphatic heterocycles. The predicted octanol–water partition coefficient (Wildman–Crippen LogP) is 0.643. The van der Waals surface area contributed by atoms with Crippen molar-refractivity contribution in [2.24, 2.45) is 0 Å². The Balaban J connectivity index is 2.12. The van der Waals surface area contributed by atoms with E-state index in [1.807, 2.05) is 11.8 Å². The molecule has 1 saturated heterocycles. The molecule has 0 amide bonds. The fraction of sp³-hybridized carbons (Fsp3) is 1.00. The number of nitrogens with zero attached hydrogens (tertiary/aromatic N) is 1. The van der Waals surface area contributed by atoms with E-state index in [0.717, 1.165) is 12.6 Å². The molecule has 0 aliphatic carbocycles. The van der Waals surface area contributed by atoms with Gasteiger partial charge in [0, 0.05) is 31.4 Å². The number of hydrogen-bond acceptors (Lipinski definition) is 3. The van der Waals surface area contributed by atoms with Crippen LogP contribution in [0.4, 0.5) is 0 Å². The lowest BCUT2D eigenvalue weighted by atomic mass is 10.2. The Morgan fingerprint density at radius 1 is 1.64 bits per heavy atom. The first kappa shape index (κ1) is 9.36. The molecule has 0 spiro atoms. The lowest BCUT2D eigenvalue weighted by Gasteiger charge is -2.30. The topological polar surface area (TPSA) is 15.3 Å². The van der Waals surface area contributed by atoms with Crippen molar-refractivity contribution in [3.63, 3.8) is 0 Å². The van der Waals surface area contributed by atoms with Crippen LogP contribution in [0.5, 0.6) is 0 Å². The zero-order valence-corrected chi connectivity index (χ0v) is 8.28. The third-order valence-electron chi connectivity index (χ3n) is 1.98. The number of likely N-dealkylation sites (N-methyl/N-ethyl adjacent to an activating group) is 1. The van der Waals surface area contributed by atoms with Gasteiger partial charge < -0.3 is 10.2 Å². The van der Waals surface area contributed by atoms with E-state index in [4.69, 9.17) is 0 Å². The van der Waals surface area contributed by atoms with Crippen LogP contribution in [0.2, 0.25) is 0 Å². The van der Waals surface area contributed by atoms with Gasteiger partial charge in [0.05, 0.1) is 0 Å². The Bertz CT molecular complexity index is 108. The molecule has 0 bridgehead atoms. The molecule has 66 valence electrons. The van der Waals surface area contributed by atoms with Gasteiger partial charge in [-0.05, 0) is 12.8 Å². The van der Waals surface area contributed by atoms with Gasteiger partial charge in [0.25, 0.3) is 0 Å². The number of thioether (sulfide) groups is 1. The average Bonchev–Trinajstić information content (AvgIpc) is 2.01. The first-order chi connectivity index (χ1) is 5.33. The number of nitrogens with one attached hydrogen (secondary N) is 1. The lowest BCUT2D eigenvalue weighted by molar-refractivity contribution is 0.250. The maximum absolute atomic E-state index is 3.52. The molecule has 3 heteroatoms. The second kappa shape index (κ2) is 5.01. The smallest absolute Gasteiger partial charge is 0.0286 e. The Morgan fingerprint density at radius 2 is 2.45 bits per heavy atom. The second-order valence-corrected chi connectivity index (χ2v) is 4.39. The molecule has 0 aromatic rings. The summed E-state index contributed by atoms with van der Waals surface area (Å²) in [4.78, 5) is 2.40. The summed E-state index contributed by atoms with van der Waals surface area (Å²) in [5.74, 6) is 2.50. The van der Waals surface area contributed by atoms with Crippen LogP contribution in [0, 0.1) is 0 Å². The summed E-state index contributed by atoms with van der Waals surface area (Å²) < 4.78 is 0. The molecule has 0 aromatic carbocycles. The minimum atomic E-state index is 0.721. The monoisotopic (exact) mass is 174 g/mol. The summed E-state index contributed by atoms with van der Waals surface area (Å²) in [5.41, 5.74) is 0. The Morgan fingerprint density at radius 3 is 3.09 bits per heavy atom. The predicted molar refractivity (Wildman–Crippen MR) is 52.3 cm³/mol. The largest absolute Gasteiger partial charge is 0.311 e. The molecular formula is C8H18N2S. The molecule has 0 radical (unpaired) electrons. The van der Waals surface area contributed by atoms with Crippen molar-refractivity contribution in [2.75, 3.05) is 38.2 Å². The third-order valence-corrected chi connectivity index (χ3v) is 3.03. The first-order valence-corrected chi connectivity index (χ1v) is 5.48. The molecule has 1 heterocycles. The summed E-state index contributed by atoms with van der Waals surface area (Å²) >= 11 is 2.03. The zero-order chi connectivity index (χ0) is 8.10. The highest BCUT2D eigenvalue weighted by atomic mass is 32.2. The maximum Gasteiger partial charge on any atom is 0.0286 e. The molecule has 1 atom stereocenters. The van der Waals surface area contributed by atoms with E-state index in [2.05, 4.69) is 24.2 Å². The molecule has 2 nitrogen and oxygen atoms in total. The van der Waals surface area contributed by atoms with Gasteiger partial charge in [0.2, 0.25) is 0 Å². The van der Waals surface area contributed by atoms with E-state index in [0.29, 0.717) is 0 Å². The number of rotatable bonds is 3. The van der Waals surface area contributed by atoms with Crippen LogP contribution >= 0.6 is 11.8 Å². The Hall–Kier alpha value is 0.270. The summed E-state index contributed by atoms with van der Waals surface area (Å²) in [7, 11) is 2.20. The number of piperazine rings is 1. The molecule has 1 fully saturated rings. The molecule has 1 rings (SSSR count). The minimum absolute atomic E-state index is 0.721. The molecule has 1 aliphatic rings. The Kier molecular flexibility index (Phi) is 4.26. The van der Waals surface area contributed by atoms with Crippen molar-refractivity contribution in [2.45, 2.75) is 13.0 Å². The Labute approximate surface area is 73.7 Å². The highest BCUT2D eigenvalue weighted by Gasteiger charge is 2.15. The van der Waals surface area contributed by atoms with Gasteiger partial charge in [-0.3, -0.25) is 0 Å². The van der Waals surface area contributed by atoms with Crippen molar-refractivity contribution in [3.8, 4) is 0 Å². The zero-order valence-electron chi connectivity index (χ0n) is 7.47. The fourth-order valence-corrected chi connectivity index (χ4v) is 2.11. The van der Waals surface area contributed by atoms with E-state index in [1.165, 1.54) is 24.6 Å². The maximum atomic E-state index is 3.52. The lowest BCUT2D eigenvalue weighted by Crippen LogP contribution is -2.50. The highest BCUT2D eigenvalue weighted by molar-refractivity contribution is 7.99. The molecular weight excluding hydrogens is 156 g/mol. The van der Waals surface area contributed by atoms with Crippen LogP contribution in [-0.2, 0) is 0 Å². The van der Waals surface area contributed by atoms with Crippen LogP contribution in [-0.4, -0.2) is 49.1 Å². The summed E-state index contributed by atoms with van der Waals surface area (Å²) in [6.07, 6.45) is 0. The van der Waals surface area contributed by atoms with Gasteiger partial charge in [-0.25, -0.2) is 0 Å². The summed E-state index contributed by atoms with van der Waals surface area (Å²) in [6, 6.07) is 0.721. The average molecular weight is 174 g/mol. The fourth-order valence-electron chi connectivity index (χ4n) is 1.36. The van der Waals surface area contributed by atoms with Gasteiger partial charge in [-0.15, -0.1) is 0 Å². The van der Waals surface area contributed by atoms with E-state index in [1.54, 1.807) is 0 Å². The van der Waals surface area contributed by atoms with Crippen LogP contribution in [0.3, 0.4) is 0 Å². The number of hydrogen-bond donors (Lipinski definition) is 1. The van der Waals surface area contributed by atoms with Crippen molar-refractivity contribution in [3.05, 3.63) is 0 Å². The van der Waals surface area contributed by atoms with Crippen LogP contribution in [0.25, 0.3) is 0 Å². The van der Waals surface area contributed by atoms with E-state index in [9.17, 15) is 0 Å². The van der Waals surface area contributed by atoms with Crippen molar-refractivity contribution < 1.29 is 0 Å². The van der Waals surface area contributed by atoms with Crippen LogP contribution in [0.15, 0.2) is 0 Å². The highest BCUT2D eigenvalue weighted by Crippen LogP contribution is 2.05. The van der Waals surface area contributed by atoms with Crippen molar-refractivity contribution >= 4 is 11.8 Å². The minimum Gasteiger partial charge on any atom is -0.311 e. The summed E-state index contributed by atoms with van der Waals surface area (Å²) in [5, 5.41) is 3.52. The van der Waals surface area contributed by atoms with E-state index >= 15 is 0 Å². The molecule has 11 heavy (non-hydrogen) atoms. The van der Waals surface area contributed by atoms with Gasteiger partial charge in [-0.2, -0.15) is 11.8 Å². The van der Waals surface area contributed by atoms with Gasteiger partial charge in [0.1, 0.15) is 0 Å². The normalized spacial score (nSPS) is 27.3. The standard InChI is InChI=1S/C8H18N2S/c1-3-11-7-8-6-10(2)5-4-9-8/h8-9H,3-7H2,1-2H3. The molecule has 1 unspecified atom stereocenters. The van der Waals surface area contributed by atoms with Crippen molar-refractivity contribution in [1.82, 2.24) is 10.2 Å².